The third kappa shape index (κ3) is 5.25. The van der Waals surface area contributed by atoms with Gasteiger partial charge in [-0.2, -0.15) is 0 Å². The topological polar surface area (TPSA) is 75.9 Å². The van der Waals surface area contributed by atoms with Crippen molar-refractivity contribution in [2.45, 2.75) is 19.4 Å². The van der Waals surface area contributed by atoms with E-state index < -0.39 is 0 Å². The third-order valence-corrected chi connectivity index (χ3v) is 4.11. The Morgan fingerprint density at radius 2 is 2.09 bits per heavy atom. The number of nitrogens with two attached hydrogens (primary N) is 1. The average Bonchev–Trinajstić information content (AvgIpc) is 2.60. The molecule has 1 aromatic carbocycles. The van der Waals surface area contributed by atoms with Gasteiger partial charge in [-0.05, 0) is 24.3 Å². The van der Waals surface area contributed by atoms with E-state index in [0.717, 1.165) is 18.4 Å². The Bertz CT molecular complexity index is 521. The van der Waals surface area contributed by atoms with Crippen molar-refractivity contribution in [3.63, 3.8) is 0 Å². The molecule has 1 heterocycles. The number of carbonyl (C=O) groups is 2. The van der Waals surface area contributed by atoms with Gasteiger partial charge in [0.25, 0.3) is 0 Å². The summed E-state index contributed by atoms with van der Waals surface area (Å²) in [7, 11) is 1.75. The molecule has 2 rings (SSSR count). The standard InChI is InChI=1S/C17H25N3O3/c1-19(16(21)10-18)11-15-8-5-9-20(12-15)17(22)23-13-14-6-3-2-4-7-14/h2-4,6-7,15H,5,8-13,18H2,1H3. The van der Waals surface area contributed by atoms with E-state index >= 15 is 0 Å². The molecule has 6 nitrogen and oxygen atoms in total. The van der Waals surface area contributed by atoms with Crippen molar-refractivity contribution in [2.24, 2.45) is 11.7 Å². The minimum Gasteiger partial charge on any atom is -0.445 e. The second-order valence-corrected chi connectivity index (χ2v) is 5.97. The number of amides is 2. The van der Waals surface area contributed by atoms with Crippen LogP contribution in [0, 0.1) is 5.92 Å². The Balaban J connectivity index is 1.80. The van der Waals surface area contributed by atoms with E-state index in [9.17, 15) is 9.59 Å². The first-order chi connectivity index (χ1) is 11.1. The van der Waals surface area contributed by atoms with Gasteiger partial charge in [0.15, 0.2) is 0 Å². The van der Waals surface area contributed by atoms with E-state index in [0.29, 0.717) is 19.6 Å². The van der Waals surface area contributed by atoms with Gasteiger partial charge in [-0.25, -0.2) is 4.79 Å². The summed E-state index contributed by atoms with van der Waals surface area (Å²) in [6, 6.07) is 9.63. The van der Waals surface area contributed by atoms with Gasteiger partial charge < -0.3 is 20.3 Å². The van der Waals surface area contributed by atoms with Crippen LogP contribution >= 0.6 is 0 Å². The van der Waals surface area contributed by atoms with Crippen LogP contribution in [-0.2, 0) is 16.1 Å². The van der Waals surface area contributed by atoms with Gasteiger partial charge in [0, 0.05) is 26.7 Å². The lowest BCUT2D eigenvalue weighted by atomic mass is 9.98. The molecule has 1 aromatic rings. The SMILES string of the molecule is CN(CC1CCCN(C(=O)OCc2ccccc2)C1)C(=O)CN. The molecule has 0 bridgehead atoms. The molecule has 0 aliphatic carbocycles. The van der Waals surface area contributed by atoms with E-state index in [-0.39, 0.29) is 31.1 Å². The van der Waals surface area contributed by atoms with Gasteiger partial charge in [-0.3, -0.25) is 4.79 Å². The number of likely N-dealkylation sites (tertiary alicyclic amines) is 1. The number of carbonyl (C=O) groups excluding carboxylic acids is 2. The molecule has 6 heteroatoms. The summed E-state index contributed by atoms with van der Waals surface area (Å²) in [6.45, 7) is 2.26. The molecule has 1 aliphatic rings. The molecular weight excluding hydrogens is 294 g/mol. The molecule has 0 radical (unpaired) electrons. The lowest BCUT2D eigenvalue weighted by molar-refractivity contribution is -0.129. The average molecular weight is 319 g/mol. The highest BCUT2D eigenvalue weighted by atomic mass is 16.6. The van der Waals surface area contributed by atoms with Crippen LogP contribution in [0.4, 0.5) is 4.79 Å². The van der Waals surface area contributed by atoms with Crippen LogP contribution in [0.25, 0.3) is 0 Å². The van der Waals surface area contributed by atoms with Crippen molar-refractivity contribution in [3.8, 4) is 0 Å². The molecule has 1 unspecified atom stereocenters. The lowest BCUT2D eigenvalue weighted by Gasteiger charge is -2.34. The van der Waals surface area contributed by atoms with Crippen LogP contribution in [0.2, 0.25) is 0 Å². The molecule has 126 valence electrons. The highest BCUT2D eigenvalue weighted by molar-refractivity contribution is 5.77. The summed E-state index contributed by atoms with van der Waals surface area (Å²) in [6.07, 6.45) is 1.65. The van der Waals surface area contributed by atoms with E-state index in [4.69, 9.17) is 10.5 Å². The molecule has 0 aromatic heterocycles. The van der Waals surface area contributed by atoms with Gasteiger partial charge in [0.1, 0.15) is 6.61 Å². The molecule has 1 aliphatic heterocycles. The minimum atomic E-state index is -0.286. The molecule has 23 heavy (non-hydrogen) atoms. The Kier molecular flexibility index (Phi) is 6.40. The quantitative estimate of drug-likeness (QED) is 0.891. The maximum atomic E-state index is 12.2. The van der Waals surface area contributed by atoms with Crippen molar-refractivity contribution in [1.82, 2.24) is 9.80 Å². The number of hydrogen-bond donors (Lipinski definition) is 1. The summed E-state index contributed by atoms with van der Waals surface area (Å²) in [4.78, 5) is 27.1. The third-order valence-electron chi connectivity index (χ3n) is 4.11. The van der Waals surface area contributed by atoms with Gasteiger partial charge in [-0.15, -0.1) is 0 Å². The van der Waals surface area contributed by atoms with Gasteiger partial charge in [0.2, 0.25) is 5.91 Å². The highest BCUT2D eigenvalue weighted by Crippen LogP contribution is 2.18. The van der Waals surface area contributed by atoms with Gasteiger partial charge >= 0.3 is 6.09 Å². The molecule has 0 spiro atoms. The Hall–Kier alpha value is -2.08. The normalized spacial score (nSPS) is 17.7. The van der Waals surface area contributed by atoms with Crippen LogP contribution in [0.15, 0.2) is 30.3 Å². The Morgan fingerprint density at radius 1 is 1.35 bits per heavy atom. The molecule has 1 saturated heterocycles. The largest absolute Gasteiger partial charge is 0.445 e. The van der Waals surface area contributed by atoms with Crippen LogP contribution in [0.3, 0.4) is 0 Å². The summed E-state index contributed by atoms with van der Waals surface area (Å²) >= 11 is 0. The second kappa shape index (κ2) is 8.53. The fourth-order valence-electron chi connectivity index (χ4n) is 2.84. The number of hydrogen-bond acceptors (Lipinski definition) is 4. The van der Waals surface area contributed by atoms with Crippen molar-refractivity contribution in [1.29, 1.82) is 0 Å². The van der Waals surface area contributed by atoms with Crippen LogP contribution in [0.1, 0.15) is 18.4 Å². The predicted octanol–water partition coefficient (Wildman–Crippen LogP) is 1.45. The van der Waals surface area contributed by atoms with E-state index in [2.05, 4.69) is 0 Å². The zero-order chi connectivity index (χ0) is 16.7. The van der Waals surface area contributed by atoms with Crippen molar-refractivity contribution >= 4 is 12.0 Å². The van der Waals surface area contributed by atoms with Gasteiger partial charge in [0.05, 0.1) is 6.54 Å². The number of ether oxygens (including phenoxy) is 1. The van der Waals surface area contributed by atoms with Crippen molar-refractivity contribution in [2.75, 3.05) is 33.2 Å². The van der Waals surface area contributed by atoms with Crippen LogP contribution in [0.5, 0.6) is 0 Å². The maximum Gasteiger partial charge on any atom is 0.410 e. The zero-order valence-electron chi connectivity index (χ0n) is 13.6. The lowest BCUT2D eigenvalue weighted by Crippen LogP contribution is -2.45. The van der Waals surface area contributed by atoms with Crippen molar-refractivity contribution in [3.05, 3.63) is 35.9 Å². The van der Waals surface area contributed by atoms with E-state index in [1.165, 1.54) is 0 Å². The van der Waals surface area contributed by atoms with Crippen LogP contribution in [-0.4, -0.2) is 55.0 Å². The molecule has 1 fully saturated rings. The number of rotatable bonds is 5. The fourth-order valence-corrected chi connectivity index (χ4v) is 2.84. The summed E-state index contributed by atoms with van der Waals surface area (Å²) < 4.78 is 5.38. The fraction of sp³-hybridized carbons (Fsp3) is 0.529. The predicted molar refractivity (Wildman–Crippen MR) is 87.6 cm³/mol. The zero-order valence-corrected chi connectivity index (χ0v) is 13.6. The molecule has 2 amide bonds. The first-order valence-corrected chi connectivity index (χ1v) is 7.99. The monoisotopic (exact) mass is 319 g/mol. The first kappa shape index (κ1) is 17.3. The minimum absolute atomic E-state index is 0.0199. The number of likely N-dealkylation sites (N-methyl/N-ethyl adjacent to an activating group) is 1. The molecule has 0 saturated carbocycles. The molecule has 1 atom stereocenters. The maximum absolute atomic E-state index is 12.2. The summed E-state index contributed by atoms with van der Waals surface area (Å²) in [5.74, 6) is 0.197. The highest BCUT2D eigenvalue weighted by Gasteiger charge is 2.26. The Labute approximate surface area is 137 Å². The van der Waals surface area contributed by atoms with Crippen LogP contribution < -0.4 is 5.73 Å². The van der Waals surface area contributed by atoms with E-state index in [1.54, 1.807) is 16.8 Å². The summed E-state index contributed by atoms with van der Waals surface area (Å²) in [5.41, 5.74) is 6.35. The molecular formula is C17H25N3O3. The number of piperidine rings is 1. The molecule has 2 N–H and O–H groups in total. The first-order valence-electron chi connectivity index (χ1n) is 7.99. The second-order valence-electron chi connectivity index (χ2n) is 5.97. The summed E-state index contributed by atoms with van der Waals surface area (Å²) in [5, 5.41) is 0. The van der Waals surface area contributed by atoms with Gasteiger partial charge in [-0.1, -0.05) is 30.3 Å². The number of benzene rings is 1. The Morgan fingerprint density at radius 3 is 2.78 bits per heavy atom. The smallest absolute Gasteiger partial charge is 0.410 e. The van der Waals surface area contributed by atoms with E-state index in [1.807, 2.05) is 30.3 Å². The van der Waals surface area contributed by atoms with Crippen molar-refractivity contribution < 1.29 is 14.3 Å². The number of nitrogens with zero attached hydrogens (tertiary/aromatic N) is 2.